The minimum absolute atomic E-state index is 0.165. The molecule has 0 unspecified atom stereocenters. The van der Waals surface area contributed by atoms with Crippen molar-refractivity contribution in [2.75, 3.05) is 11.4 Å². The Morgan fingerprint density at radius 2 is 2.00 bits per heavy atom. The van der Waals surface area contributed by atoms with E-state index in [4.69, 9.17) is 0 Å². The molecule has 0 bridgehead atoms. The summed E-state index contributed by atoms with van der Waals surface area (Å²) in [5.74, 6) is -1.38. The Balaban J connectivity index is 2.58. The van der Waals surface area contributed by atoms with E-state index in [0.717, 1.165) is 0 Å². The smallest absolute Gasteiger partial charge is 0.338 e. The molecule has 20 heavy (non-hydrogen) atoms. The SMILES string of the molecule is CCN(c1cccc(F)c1)c1cccc(Br)c1C(=O)O. The normalized spacial score (nSPS) is 10.3. The van der Waals surface area contributed by atoms with Crippen LogP contribution in [0.4, 0.5) is 15.8 Å². The first kappa shape index (κ1) is 14.5. The zero-order valence-corrected chi connectivity index (χ0v) is 12.4. The molecule has 0 aromatic heterocycles. The monoisotopic (exact) mass is 337 g/mol. The number of hydrogen-bond donors (Lipinski definition) is 1. The number of carboxylic acids is 1. The number of carboxylic acid groups (broad SMARTS) is 1. The van der Waals surface area contributed by atoms with Crippen molar-refractivity contribution in [2.24, 2.45) is 0 Å². The Bertz CT molecular complexity index is 646. The second-order valence-corrected chi connectivity index (χ2v) is 5.02. The molecule has 2 rings (SSSR count). The molecule has 0 atom stereocenters. The van der Waals surface area contributed by atoms with Crippen LogP contribution < -0.4 is 4.90 Å². The highest BCUT2D eigenvalue weighted by molar-refractivity contribution is 9.10. The van der Waals surface area contributed by atoms with Crippen LogP contribution in [0.15, 0.2) is 46.9 Å². The number of halogens is 2. The van der Waals surface area contributed by atoms with Gasteiger partial charge in [0.25, 0.3) is 0 Å². The topological polar surface area (TPSA) is 40.5 Å². The van der Waals surface area contributed by atoms with Gasteiger partial charge >= 0.3 is 5.97 Å². The largest absolute Gasteiger partial charge is 0.478 e. The number of hydrogen-bond acceptors (Lipinski definition) is 2. The Morgan fingerprint density at radius 1 is 1.30 bits per heavy atom. The Hall–Kier alpha value is -1.88. The van der Waals surface area contributed by atoms with Gasteiger partial charge in [-0.15, -0.1) is 0 Å². The van der Waals surface area contributed by atoms with Gasteiger partial charge in [-0.05, 0) is 53.2 Å². The molecule has 0 aliphatic heterocycles. The van der Waals surface area contributed by atoms with Crippen molar-refractivity contribution >= 4 is 33.3 Å². The summed E-state index contributed by atoms with van der Waals surface area (Å²) in [7, 11) is 0. The van der Waals surface area contributed by atoms with E-state index in [-0.39, 0.29) is 11.4 Å². The number of aromatic carboxylic acids is 1. The van der Waals surface area contributed by atoms with Crippen LogP contribution in [0.1, 0.15) is 17.3 Å². The minimum Gasteiger partial charge on any atom is -0.478 e. The molecular formula is C15H13BrFNO2. The number of carbonyl (C=O) groups is 1. The summed E-state index contributed by atoms with van der Waals surface area (Å²) in [6.07, 6.45) is 0. The zero-order chi connectivity index (χ0) is 14.7. The fraction of sp³-hybridized carbons (Fsp3) is 0.133. The lowest BCUT2D eigenvalue weighted by atomic mass is 10.1. The Morgan fingerprint density at radius 3 is 2.60 bits per heavy atom. The highest BCUT2D eigenvalue weighted by atomic mass is 79.9. The number of nitrogens with zero attached hydrogens (tertiary/aromatic N) is 1. The van der Waals surface area contributed by atoms with Gasteiger partial charge in [-0.1, -0.05) is 12.1 Å². The van der Waals surface area contributed by atoms with Crippen molar-refractivity contribution in [3.05, 3.63) is 58.3 Å². The van der Waals surface area contributed by atoms with Crippen LogP contribution in [-0.4, -0.2) is 17.6 Å². The van der Waals surface area contributed by atoms with E-state index >= 15 is 0 Å². The average Bonchev–Trinajstić information content (AvgIpc) is 2.39. The third-order valence-corrected chi connectivity index (χ3v) is 3.59. The molecular weight excluding hydrogens is 325 g/mol. The number of rotatable bonds is 4. The first-order chi connectivity index (χ1) is 9.54. The minimum atomic E-state index is -1.03. The van der Waals surface area contributed by atoms with Crippen LogP contribution in [-0.2, 0) is 0 Å². The summed E-state index contributed by atoms with van der Waals surface area (Å²) in [4.78, 5) is 13.2. The summed E-state index contributed by atoms with van der Waals surface area (Å²) >= 11 is 3.25. The lowest BCUT2D eigenvalue weighted by Crippen LogP contribution is -2.19. The van der Waals surface area contributed by atoms with Crippen LogP contribution in [0.25, 0.3) is 0 Å². The van der Waals surface area contributed by atoms with Gasteiger partial charge in [0.05, 0.1) is 11.3 Å². The third kappa shape index (κ3) is 2.82. The van der Waals surface area contributed by atoms with Crippen LogP contribution in [0.3, 0.4) is 0 Å². The predicted molar refractivity (Wildman–Crippen MR) is 80.2 cm³/mol. The summed E-state index contributed by atoms with van der Waals surface area (Å²) in [6, 6.07) is 11.2. The van der Waals surface area contributed by atoms with Crippen molar-refractivity contribution < 1.29 is 14.3 Å². The van der Waals surface area contributed by atoms with Gasteiger partial charge in [-0.3, -0.25) is 0 Å². The molecule has 0 amide bonds. The highest BCUT2D eigenvalue weighted by Crippen LogP contribution is 2.32. The Labute approximate surface area is 124 Å². The van der Waals surface area contributed by atoms with E-state index in [1.165, 1.54) is 12.1 Å². The molecule has 0 spiro atoms. The van der Waals surface area contributed by atoms with Crippen LogP contribution in [0.2, 0.25) is 0 Å². The van der Waals surface area contributed by atoms with Crippen molar-refractivity contribution in [2.45, 2.75) is 6.92 Å². The molecule has 5 heteroatoms. The van der Waals surface area contributed by atoms with Crippen molar-refractivity contribution in [1.82, 2.24) is 0 Å². The molecule has 0 radical (unpaired) electrons. The van der Waals surface area contributed by atoms with Gasteiger partial charge in [-0.2, -0.15) is 0 Å². The second kappa shape index (κ2) is 6.05. The lowest BCUT2D eigenvalue weighted by Gasteiger charge is -2.25. The number of benzene rings is 2. The molecule has 1 N–H and O–H groups in total. The molecule has 0 saturated heterocycles. The standard InChI is InChI=1S/C15H13BrFNO2/c1-2-18(11-6-3-5-10(17)9-11)13-8-4-7-12(16)14(13)15(19)20/h3-9H,2H2,1H3,(H,19,20). The molecule has 0 fully saturated rings. The molecule has 104 valence electrons. The first-order valence-electron chi connectivity index (χ1n) is 6.09. The van der Waals surface area contributed by atoms with Crippen molar-refractivity contribution in [3.63, 3.8) is 0 Å². The fourth-order valence-electron chi connectivity index (χ4n) is 2.09. The molecule has 0 heterocycles. The van der Waals surface area contributed by atoms with Crippen LogP contribution in [0, 0.1) is 5.82 Å². The lowest BCUT2D eigenvalue weighted by molar-refractivity contribution is 0.0696. The second-order valence-electron chi connectivity index (χ2n) is 4.16. The summed E-state index contributed by atoms with van der Waals surface area (Å²) in [5, 5.41) is 9.36. The van der Waals surface area contributed by atoms with E-state index in [1.54, 1.807) is 35.2 Å². The van der Waals surface area contributed by atoms with Gasteiger partial charge in [0.1, 0.15) is 5.82 Å². The Kier molecular flexibility index (Phi) is 4.39. The third-order valence-electron chi connectivity index (χ3n) is 2.93. The first-order valence-corrected chi connectivity index (χ1v) is 6.88. The molecule has 0 saturated carbocycles. The van der Waals surface area contributed by atoms with Crippen molar-refractivity contribution in [3.8, 4) is 0 Å². The van der Waals surface area contributed by atoms with E-state index in [1.807, 2.05) is 6.92 Å². The van der Waals surface area contributed by atoms with Crippen molar-refractivity contribution in [1.29, 1.82) is 0 Å². The fourth-order valence-corrected chi connectivity index (χ4v) is 2.61. The highest BCUT2D eigenvalue weighted by Gasteiger charge is 2.19. The van der Waals surface area contributed by atoms with Gasteiger partial charge < -0.3 is 10.0 Å². The van der Waals surface area contributed by atoms with Crippen LogP contribution >= 0.6 is 15.9 Å². The van der Waals surface area contributed by atoms with E-state index < -0.39 is 5.97 Å². The maximum absolute atomic E-state index is 13.4. The maximum atomic E-state index is 13.4. The number of anilines is 2. The quantitative estimate of drug-likeness (QED) is 0.896. The molecule has 0 aliphatic carbocycles. The summed E-state index contributed by atoms with van der Waals surface area (Å²) < 4.78 is 13.9. The molecule has 0 aliphatic rings. The van der Waals surface area contributed by atoms with E-state index in [2.05, 4.69) is 15.9 Å². The molecule has 3 nitrogen and oxygen atoms in total. The van der Waals surface area contributed by atoms with Gasteiger partial charge in [0, 0.05) is 16.7 Å². The molecule has 2 aromatic carbocycles. The maximum Gasteiger partial charge on any atom is 0.338 e. The van der Waals surface area contributed by atoms with Gasteiger partial charge in [0.2, 0.25) is 0 Å². The van der Waals surface area contributed by atoms with Gasteiger partial charge in [0.15, 0.2) is 0 Å². The summed E-state index contributed by atoms with van der Waals surface area (Å²) in [6.45, 7) is 2.41. The summed E-state index contributed by atoms with van der Waals surface area (Å²) in [5.41, 5.74) is 1.31. The van der Waals surface area contributed by atoms with E-state index in [0.29, 0.717) is 22.4 Å². The zero-order valence-electron chi connectivity index (χ0n) is 10.8. The predicted octanol–water partition coefficient (Wildman–Crippen LogP) is 4.44. The van der Waals surface area contributed by atoms with Gasteiger partial charge in [-0.25, -0.2) is 9.18 Å². The van der Waals surface area contributed by atoms with E-state index in [9.17, 15) is 14.3 Å². The van der Waals surface area contributed by atoms with Crippen LogP contribution in [0.5, 0.6) is 0 Å². The average molecular weight is 338 g/mol. The molecule has 2 aromatic rings.